The van der Waals surface area contributed by atoms with Crippen molar-refractivity contribution < 1.29 is 0 Å². The third-order valence-electron chi connectivity index (χ3n) is 4.34. The van der Waals surface area contributed by atoms with E-state index in [-0.39, 0.29) is 5.56 Å². The molecule has 4 aromatic rings. The smallest absolute Gasteiger partial charge is 0.262 e. The van der Waals surface area contributed by atoms with Gasteiger partial charge in [-0.2, -0.15) is 0 Å². The second kappa shape index (κ2) is 7.37. The number of aromatic nitrogens is 4. The van der Waals surface area contributed by atoms with Crippen molar-refractivity contribution in [1.82, 2.24) is 19.2 Å². The van der Waals surface area contributed by atoms with E-state index in [1.165, 1.54) is 0 Å². The SMILES string of the molecule is CC(C)Cn1c(=O)c2ccccc2n2c(SCc3ccccc3Cl)nnc12. The van der Waals surface area contributed by atoms with Gasteiger partial charge in [0.2, 0.25) is 5.78 Å². The molecule has 138 valence electrons. The minimum absolute atomic E-state index is 0.0261. The van der Waals surface area contributed by atoms with Crippen LogP contribution in [0, 0.1) is 5.92 Å². The van der Waals surface area contributed by atoms with E-state index in [2.05, 4.69) is 24.0 Å². The van der Waals surface area contributed by atoms with E-state index < -0.39 is 0 Å². The van der Waals surface area contributed by atoms with Crippen molar-refractivity contribution in [1.29, 1.82) is 0 Å². The van der Waals surface area contributed by atoms with Gasteiger partial charge in [-0.1, -0.05) is 67.5 Å². The Kier molecular flexibility index (Phi) is 4.93. The van der Waals surface area contributed by atoms with Crippen LogP contribution in [0.3, 0.4) is 0 Å². The average Bonchev–Trinajstić information content (AvgIpc) is 3.08. The van der Waals surface area contributed by atoms with E-state index in [4.69, 9.17) is 11.6 Å². The predicted molar refractivity (Wildman–Crippen MR) is 111 cm³/mol. The Balaban J connectivity index is 1.86. The van der Waals surface area contributed by atoms with Crippen molar-refractivity contribution in [2.24, 2.45) is 5.92 Å². The molecular formula is C20H19ClN4OS. The van der Waals surface area contributed by atoms with Crippen molar-refractivity contribution in [3.05, 3.63) is 69.5 Å². The van der Waals surface area contributed by atoms with Gasteiger partial charge in [0.05, 0.1) is 10.9 Å². The first-order chi connectivity index (χ1) is 13.1. The van der Waals surface area contributed by atoms with Gasteiger partial charge in [0.1, 0.15) is 0 Å². The fourth-order valence-corrected chi connectivity index (χ4v) is 4.34. The summed E-state index contributed by atoms with van der Waals surface area (Å²) >= 11 is 7.84. The molecule has 5 nitrogen and oxygen atoms in total. The number of hydrogen-bond donors (Lipinski definition) is 0. The minimum atomic E-state index is -0.0261. The minimum Gasteiger partial charge on any atom is -0.276 e. The molecule has 0 radical (unpaired) electrons. The molecule has 0 spiro atoms. The standard InChI is InChI=1S/C20H19ClN4OS/c1-13(2)11-24-18(26)15-8-4-6-10-17(15)25-19(24)22-23-20(25)27-12-14-7-3-5-9-16(14)21/h3-10,13H,11-12H2,1-2H3. The third kappa shape index (κ3) is 3.35. The molecule has 0 saturated carbocycles. The highest BCUT2D eigenvalue weighted by molar-refractivity contribution is 7.98. The van der Waals surface area contributed by atoms with Gasteiger partial charge in [0.15, 0.2) is 5.16 Å². The molecule has 0 unspecified atom stereocenters. The normalized spacial score (nSPS) is 11.7. The summed E-state index contributed by atoms with van der Waals surface area (Å²) in [5.74, 6) is 1.58. The fraction of sp³-hybridized carbons (Fsp3) is 0.250. The molecule has 2 heterocycles. The Labute approximate surface area is 166 Å². The first-order valence-corrected chi connectivity index (χ1v) is 10.2. The number of halogens is 1. The van der Waals surface area contributed by atoms with Crippen LogP contribution < -0.4 is 5.56 Å². The number of thioether (sulfide) groups is 1. The van der Waals surface area contributed by atoms with Gasteiger partial charge in [0, 0.05) is 17.3 Å². The number of fused-ring (bicyclic) bond motifs is 3. The second-order valence-electron chi connectivity index (χ2n) is 6.82. The van der Waals surface area contributed by atoms with Gasteiger partial charge in [-0.15, -0.1) is 10.2 Å². The summed E-state index contributed by atoms with van der Waals surface area (Å²) in [5, 5.41) is 10.9. The van der Waals surface area contributed by atoms with E-state index in [0.29, 0.717) is 29.4 Å². The van der Waals surface area contributed by atoms with Crippen LogP contribution in [0.15, 0.2) is 58.5 Å². The Bertz CT molecular complexity index is 1180. The summed E-state index contributed by atoms with van der Waals surface area (Å²) in [6, 6.07) is 15.4. The topological polar surface area (TPSA) is 52.2 Å². The number of hydrogen-bond acceptors (Lipinski definition) is 4. The predicted octanol–water partition coefficient (Wildman–Crippen LogP) is 4.65. The lowest BCUT2D eigenvalue weighted by atomic mass is 10.2. The van der Waals surface area contributed by atoms with Gasteiger partial charge < -0.3 is 0 Å². The molecule has 2 aromatic carbocycles. The lowest BCUT2D eigenvalue weighted by Crippen LogP contribution is -2.25. The molecule has 27 heavy (non-hydrogen) atoms. The molecule has 0 atom stereocenters. The van der Waals surface area contributed by atoms with Crippen LogP contribution in [0.5, 0.6) is 0 Å². The van der Waals surface area contributed by atoms with Crippen LogP contribution in [0.1, 0.15) is 19.4 Å². The maximum Gasteiger partial charge on any atom is 0.262 e. The van der Waals surface area contributed by atoms with Gasteiger partial charge in [-0.25, -0.2) is 0 Å². The van der Waals surface area contributed by atoms with Crippen LogP contribution in [0.4, 0.5) is 0 Å². The Morgan fingerprint density at radius 2 is 1.81 bits per heavy atom. The van der Waals surface area contributed by atoms with E-state index in [0.717, 1.165) is 21.3 Å². The molecule has 0 aliphatic heterocycles. The van der Waals surface area contributed by atoms with Gasteiger partial charge in [-0.05, 0) is 29.7 Å². The Morgan fingerprint density at radius 3 is 2.59 bits per heavy atom. The average molecular weight is 399 g/mol. The summed E-state index contributed by atoms with van der Waals surface area (Å²) in [7, 11) is 0. The van der Waals surface area contributed by atoms with E-state index in [1.54, 1.807) is 16.3 Å². The molecule has 7 heteroatoms. The van der Waals surface area contributed by atoms with Crippen molar-refractivity contribution in [3.63, 3.8) is 0 Å². The van der Waals surface area contributed by atoms with E-state index in [1.807, 2.05) is 52.9 Å². The van der Waals surface area contributed by atoms with Crippen LogP contribution in [0.2, 0.25) is 5.02 Å². The zero-order valence-corrected chi connectivity index (χ0v) is 16.7. The maximum atomic E-state index is 13.0. The molecule has 0 saturated heterocycles. The lowest BCUT2D eigenvalue weighted by molar-refractivity contribution is 0.517. The number of nitrogens with zero attached hydrogens (tertiary/aromatic N) is 4. The Hall–Kier alpha value is -2.31. The summed E-state index contributed by atoms with van der Waals surface area (Å²) in [6.07, 6.45) is 0. The molecular weight excluding hydrogens is 380 g/mol. The summed E-state index contributed by atoms with van der Waals surface area (Å²) in [4.78, 5) is 13.0. The molecule has 0 bridgehead atoms. The van der Waals surface area contributed by atoms with Crippen LogP contribution in [-0.2, 0) is 12.3 Å². The number of rotatable bonds is 5. The van der Waals surface area contributed by atoms with Gasteiger partial charge >= 0.3 is 0 Å². The van der Waals surface area contributed by atoms with Crippen LogP contribution >= 0.6 is 23.4 Å². The highest BCUT2D eigenvalue weighted by Gasteiger charge is 2.17. The van der Waals surface area contributed by atoms with Crippen molar-refractivity contribution in [3.8, 4) is 0 Å². The maximum absolute atomic E-state index is 13.0. The van der Waals surface area contributed by atoms with Crippen LogP contribution in [-0.4, -0.2) is 19.2 Å². The quantitative estimate of drug-likeness (QED) is 0.459. The molecule has 2 aromatic heterocycles. The molecule has 0 aliphatic carbocycles. The largest absolute Gasteiger partial charge is 0.276 e. The van der Waals surface area contributed by atoms with Crippen molar-refractivity contribution in [2.75, 3.05) is 0 Å². The first-order valence-electron chi connectivity index (χ1n) is 8.79. The fourth-order valence-electron chi connectivity index (χ4n) is 3.11. The zero-order valence-electron chi connectivity index (χ0n) is 15.1. The third-order valence-corrected chi connectivity index (χ3v) is 5.69. The molecule has 0 amide bonds. The Morgan fingerprint density at radius 1 is 1.07 bits per heavy atom. The number of para-hydroxylation sites is 1. The first kappa shape index (κ1) is 18.1. The zero-order chi connectivity index (χ0) is 19.0. The van der Waals surface area contributed by atoms with Gasteiger partial charge in [-0.3, -0.25) is 13.8 Å². The molecule has 4 rings (SSSR count). The highest BCUT2D eigenvalue weighted by atomic mass is 35.5. The van der Waals surface area contributed by atoms with Crippen molar-refractivity contribution >= 4 is 40.0 Å². The summed E-state index contributed by atoms with van der Waals surface area (Å²) in [6.45, 7) is 4.77. The highest BCUT2D eigenvalue weighted by Crippen LogP contribution is 2.27. The van der Waals surface area contributed by atoms with Crippen molar-refractivity contribution in [2.45, 2.75) is 31.3 Å². The lowest BCUT2D eigenvalue weighted by Gasteiger charge is -2.13. The second-order valence-corrected chi connectivity index (χ2v) is 8.17. The monoisotopic (exact) mass is 398 g/mol. The summed E-state index contributed by atoms with van der Waals surface area (Å²) < 4.78 is 3.69. The summed E-state index contributed by atoms with van der Waals surface area (Å²) in [5.41, 5.74) is 1.84. The van der Waals surface area contributed by atoms with E-state index >= 15 is 0 Å². The van der Waals surface area contributed by atoms with Crippen LogP contribution in [0.25, 0.3) is 16.7 Å². The molecule has 0 fully saturated rings. The molecule has 0 N–H and O–H groups in total. The van der Waals surface area contributed by atoms with E-state index in [9.17, 15) is 4.79 Å². The van der Waals surface area contributed by atoms with Gasteiger partial charge in [0.25, 0.3) is 5.56 Å². The number of benzene rings is 2. The molecule has 0 aliphatic rings.